The third-order valence-electron chi connectivity index (χ3n) is 2.45. The van der Waals surface area contributed by atoms with Crippen molar-refractivity contribution in [3.63, 3.8) is 0 Å². The van der Waals surface area contributed by atoms with Gasteiger partial charge in [0.15, 0.2) is 0 Å². The first-order valence-corrected chi connectivity index (χ1v) is 7.43. The van der Waals surface area contributed by atoms with Gasteiger partial charge in [-0.3, -0.25) is 4.98 Å². The molecule has 1 rings (SSSR count). The molecule has 1 heterocycles. The first kappa shape index (κ1) is 21.0. The topological polar surface area (TPSA) is 40.6 Å². The molecule has 0 bridgehead atoms. The van der Waals surface area contributed by atoms with Crippen LogP contribution in [0.2, 0.25) is 5.15 Å². The summed E-state index contributed by atoms with van der Waals surface area (Å²) >= 11 is 5.99. The zero-order valence-electron chi connectivity index (χ0n) is 14.1. The second kappa shape index (κ2) is 9.20. The van der Waals surface area contributed by atoms with Crippen LogP contribution in [0.3, 0.4) is 0 Å². The molecule has 0 aliphatic carbocycles. The Morgan fingerprint density at radius 1 is 0.905 bits per heavy atom. The fourth-order valence-electron chi connectivity index (χ4n) is 2.00. The van der Waals surface area contributed by atoms with Crippen LogP contribution in [-0.2, 0) is 14.0 Å². The van der Waals surface area contributed by atoms with Gasteiger partial charge >= 0.3 is 25.6 Å². The van der Waals surface area contributed by atoms with Gasteiger partial charge in [-0.25, -0.2) is 0 Å². The van der Waals surface area contributed by atoms with E-state index in [0.29, 0.717) is 10.7 Å². The van der Waals surface area contributed by atoms with Crippen molar-refractivity contribution < 1.29 is 32.8 Å². The van der Waals surface area contributed by atoms with Crippen LogP contribution in [0, 0.1) is 0 Å². The van der Waals surface area contributed by atoms with Crippen molar-refractivity contribution in [2.75, 3.05) is 0 Å². The van der Waals surface area contributed by atoms with Gasteiger partial charge in [0.2, 0.25) is 0 Å². The molecule has 0 unspecified atom stereocenters. The van der Waals surface area contributed by atoms with Crippen molar-refractivity contribution in [2.45, 2.75) is 59.9 Å². The summed E-state index contributed by atoms with van der Waals surface area (Å²) in [5.74, 6) is 0. The number of halogens is 1. The average Bonchev–Trinajstić information content (AvgIpc) is 2.25. The van der Waals surface area contributed by atoms with Crippen LogP contribution in [0.25, 0.3) is 0 Å². The molecule has 0 aliphatic rings. The van der Waals surface area contributed by atoms with E-state index in [2.05, 4.69) is 4.98 Å². The third kappa shape index (κ3) is 6.73. The molecule has 0 fully saturated rings. The molecule has 7 heteroatoms. The zero-order chi connectivity index (χ0) is 15.3. The van der Waals surface area contributed by atoms with Crippen LogP contribution >= 0.6 is 11.6 Å². The SMILES string of the molecule is CC(C)O[B-](OC(C)C)(OC(C)C)c1cccc(Cl)n1.[Li+]. The summed E-state index contributed by atoms with van der Waals surface area (Å²) in [6, 6.07) is 5.35. The maximum atomic E-state index is 6.00. The summed E-state index contributed by atoms with van der Waals surface area (Å²) in [5, 5.41) is 0.390. The Bertz CT molecular complexity index is 406. The summed E-state index contributed by atoms with van der Waals surface area (Å²) in [6.07, 6.45) is -0.185. The van der Waals surface area contributed by atoms with E-state index in [0.717, 1.165) is 0 Å². The zero-order valence-corrected chi connectivity index (χ0v) is 14.8. The molecule has 0 saturated carbocycles. The van der Waals surface area contributed by atoms with Crippen molar-refractivity contribution in [1.29, 1.82) is 0 Å². The standard InChI is InChI=1S/C14H24BClNO3.Li/c1-10(2)18-15(19-11(3)4,20-12(5)6)13-8-7-9-14(16)17-13;/h7-12H,1-6H3;/q-1;+1. The van der Waals surface area contributed by atoms with E-state index >= 15 is 0 Å². The molecule has 1 aromatic rings. The van der Waals surface area contributed by atoms with Crippen LogP contribution in [0.1, 0.15) is 41.5 Å². The molecule has 0 amide bonds. The van der Waals surface area contributed by atoms with Crippen LogP contribution < -0.4 is 24.5 Å². The Morgan fingerprint density at radius 2 is 1.33 bits per heavy atom. The number of hydrogen-bond donors (Lipinski definition) is 0. The van der Waals surface area contributed by atoms with Gasteiger partial charge in [-0.2, -0.15) is 0 Å². The molecule has 0 saturated heterocycles. The van der Waals surface area contributed by atoms with Gasteiger partial charge in [0.1, 0.15) is 5.15 Å². The van der Waals surface area contributed by atoms with Gasteiger partial charge in [-0.05, 0) is 53.2 Å². The first-order chi connectivity index (χ1) is 9.25. The molecule has 0 aromatic carbocycles. The Kier molecular flexibility index (Phi) is 9.19. The molecular formula is C14H24BClLiNO3. The predicted molar refractivity (Wildman–Crippen MR) is 83.3 cm³/mol. The molecule has 0 N–H and O–H groups in total. The summed E-state index contributed by atoms with van der Waals surface area (Å²) in [6.45, 7) is 9.50. The minimum Gasteiger partial charge on any atom is -0.538 e. The van der Waals surface area contributed by atoms with Crippen LogP contribution in [-0.4, -0.2) is 30.1 Å². The largest absolute Gasteiger partial charge is 1.00 e. The second-order valence-corrected chi connectivity index (χ2v) is 5.97. The second-order valence-electron chi connectivity index (χ2n) is 5.58. The van der Waals surface area contributed by atoms with E-state index in [1.165, 1.54) is 0 Å². The van der Waals surface area contributed by atoms with Crippen molar-refractivity contribution >= 4 is 23.9 Å². The molecular weight excluding hydrogens is 283 g/mol. The Morgan fingerprint density at radius 3 is 1.67 bits per heavy atom. The third-order valence-corrected chi connectivity index (χ3v) is 2.66. The van der Waals surface area contributed by atoms with E-state index in [4.69, 9.17) is 25.6 Å². The molecule has 1 aromatic heterocycles. The summed E-state index contributed by atoms with van der Waals surface area (Å²) in [5.41, 5.74) is 0.577. The summed E-state index contributed by atoms with van der Waals surface area (Å²) in [7, 11) is 0. The van der Waals surface area contributed by atoms with Crippen molar-refractivity contribution in [3.05, 3.63) is 23.4 Å². The molecule has 0 aliphatic heterocycles. The Hall–Kier alpha value is -0.0177. The minimum atomic E-state index is -2.13. The van der Waals surface area contributed by atoms with Gasteiger partial charge in [0, 0.05) is 18.3 Å². The van der Waals surface area contributed by atoms with Crippen molar-refractivity contribution in [3.8, 4) is 0 Å². The fourth-order valence-corrected chi connectivity index (χ4v) is 2.17. The smallest absolute Gasteiger partial charge is 0.538 e. The Balaban J connectivity index is 0.00000400. The van der Waals surface area contributed by atoms with Crippen LogP contribution in [0.4, 0.5) is 0 Å². The van der Waals surface area contributed by atoms with Gasteiger partial charge in [0.05, 0.1) is 0 Å². The van der Waals surface area contributed by atoms with E-state index in [1.54, 1.807) is 6.07 Å². The van der Waals surface area contributed by atoms with Crippen molar-refractivity contribution in [2.24, 2.45) is 0 Å². The fraction of sp³-hybridized carbons (Fsp3) is 0.643. The van der Waals surface area contributed by atoms with E-state index in [9.17, 15) is 0 Å². The van der Waals surface area contributed by atoms with Crippen LogP contribution in [0.5, 0.6) is 0 Å². The molecule has 0 atom stereocenters. The summed E-state index contributed by atoms with van der Waals surface area (Å²) < 4.78 is 18.0. The van der Waals surface area contributed by atoms with E-state index < -0.39 is 6.75 Å². The average molecular weight is 308 g/mol. The number of nitrogens with zero attached hydrogens (tertiary/aromatic N) is 1. The van der Waals surface area contributed by atoms with Gasteiger partial charge in [-0.15, -0.1) is 0 Å². The molecule has 114 valence electrons. The van der Waals surface area contributed by atoms with Crippen molar-refractivity contribution in [1.82, 2.24) is 4.98 Å². The quantitative estimate of drug-likeness (QED) is 0.531. The van der Waals surface area contributed by atoms with Gasteiger partial charge in [0.25, 0.3) is 0 Å². The predicted octanol–water partition coefficient (Wildman–Crippen LogP) is 0.160. The maximum Gasteiger partial charge on any atom is 1.00 e. The molecule has 0 radical (unpaired) electrons. The van der Waals surface area contributed by atoms with Gasteiger partial charge in [-0.1, -0.05) is 23.7 Å². The van der Waals surface area contributed by atoms with Gasteiger partial charge < -0.3 is 14.0 Å². The molecule has 0 spiro atoms. The monoisotopic (exact) mass is 307 g/mol. The maximum absolute atomic E-state index is 6.00. The van der Waals surface area contributed by atoms with Crippen LogP contribution in [0.15, 0.2) is 18.2 Å². The number of rotatable bonds is 7. The number of aromatic nitrogens is 1. The Labute approximate surface area is 145 Å². The van der Waals surface area contributed by atoms with E-state index in [-0.39, 0.29) is 37.2 Å². The summed E-state index contributed by atoms with van der Waals surface area (Å²) in [4.78, 5) is 4.32. The molecule has 4 nitrogen and oxygen atoms in total. The first-order valence-electron chi connectivity index (χ1n) is 7.05. The number of pyridine rings is 1. The minimum absolute atomic E-state index is 0. The molecule has 21 heavy (non-hydrogen) atoms. The normalized spacial score (nSPS) is 12.1. The van der Waals surface area contributed by atoms with E-state index in [1.807, 2.05) is 53.7 Å². The number of hydrogen-bond acceptors (Lipinski definition) is 4.